The van der Waals surface area contributed by atoms with Crippen molar-refractivity contribution < 1.29 is 28.6 Å². The van der Waals surface area contributed by atoms with Gasteiger partial charge in [-0.25, -0.2) is 0 Å². The summed E-state index contributed by atoms with van der Waals surface area (Å²) in [6, 6.07) is 0. The number of carbonyl (C=O) groups is 3. The molecule has 6 heteroatoms. The van der Waals surface area contributed by atoms with Gasteiger partial charge < -0.3 is 14.2 Å². The van der Waals surface area contributed by atoms with Crippen LogP contribution in [0.5, 0.6) is 0 Å². The topological polar surface area (TPSA) is 78.9 Å². The molecule has 464 valence electrons. The Morgan fingerprint density at radius 1 is 0.263 bits per heavy atom. The van der Waals surface area contributed by atoms with Gasteiger partial charge in [-0.1, -0.05) is 344 Å². The van der Waals surface area contributed by atoms with Crippen LogP contribution in [0.25, 0.3) is 0 Å². The summed E-state index contributed by atoms with van der Waals surface area (Å²) in [5, 5.41) is 0. The number of esters is 3. The Morgan fingerprint density at radius 3 is 0.762 bits per heavy atom. The molecule has 0 saturated carbocycles. The second-order valence-electron chi connectivity index (χ2n) is 23.4. The number of ether oxygens (including phenoxy) is 3. The average Bonchev–Trinajstić information content (AvgIpc) is 3.46. The van der Waals surface area contributed by atoms with Crippen molar-refractivity contribution in [3.8, 4) is 0 Å². The molecule has 0 heterocycles. The van der Waals surface area contributed by atoms with Crippen LogP contribution in [0.15, 0.2) is 72.9 Å². The average molecular weight is 1120 g/mol. The molecule has 0 radical (unpaired) electrons. The molecule has 0 aliphatic carbocycles. The highest BCUT2D eigenvalue weighted by Gasteiger charge is 2.19. The molecule has 1 unspecified atom stereocenters. The van der Waals surface area contributed by atoms with E-state index in [1.807, 2.05) is 0 Å². The highest BCUT2D eigenvalue weighted by Crippen LogP contribution is 2.18. The van der Waals surface area contributed by atoms with Gasteiger partial charge in [0.2, 0.25) is 0 Å². The van der Waals surface area contributed by atoms with E-state index in [0.29, 0.717) is 19.3 Å². The number of carbonyl (C=O) groups excluding carboxylic acids is 3. The predicted octanol–water partition coefficient (Wildman–Crippen LogP) is 24.1. The van der Waals surface area contributed by atoms with Crippen molar-refractivity contribution >= 4 is 17.9 Å². The monoisotopic (exact) mass is 1120 g/mol. The largest absolute Gasteiger partial charge is 0.462 e. The summed E-state index contributed by atoms with van der Waals surface area (Å²) in [5.41, 5.74) is 0. The Hall–Kier alpha value is -3.15. The van der Waals surface area contributed by atoms with E-state index in [1.54, 1.807) is 0 Å². The van der Waals surface area contributed by atoms with Crippen molar-refractivity contribution in [2.24, 2.45) is 0 Å². The minimum absolute atomic E-state index is 0.0707. The van der Waals surface area contributed by atoms with E-state index >= 15 is 0 Å². The van der Waals surface area contributed by atoms with Gasteiger partial charge >= 0.3 is 17.9 Å². The number of hydrogen-bond donors (Lipinski definition) is 0. The fourth-order valence-corrected chi connectivity index (χ4v) is 10.3. The lowest BCUT2D eigenvalue weighted by Crippen LogP contribution is -2.30. The molecule has 0 spiro atoms. The van der Waals surface area contributed by atoms with Crippen molar-refractivity contribution in [1.29, 1.82) is 0 Å². The van der Waals surface area contributed by atoms with Crippen LogP contribution < -0.4 is 0 Å². The van der Waals surface area contributed by atoms with Gasteiger partial charge in [0.05, 0.1) is 0 Å². The zero-order valence-corrected chi connectivity index (χ0v) is 53.3. The number of allylic oxidation sites excluding steroid dienone is 12. The summed E-state index contributed by atoms with van der Waals surface area (Å²) in [6.45, 7) is 6.57. The number of hydrogen-bond acceptors (Lipinski definition) is 6. The van der Waals surface area contributed by atoms with Gasteiger partial charge in [0.1, 0.15) is 13.2 Å². The quantitative estimate of drug-likeness (QED) is 0.0261. The van der Waals surface area contributed by atoms with Crippen LogP contribution in [0, 0.1) is 0 Å². The van der Waals surface area contributed by atoms with Gasteiger partial charge in [-0.3, -0.25) is 14.4 Å². The van der Waals surface area contributed by atoms with E-state index in [-0.39, 0.29) is 31.1 Å². The molecule has 0 aromatic carbocycles. The first kappa shape index (κ1) is 76.9. The Balaban J connectivity index is 4.21. The van der Waals surface area contributed by atoms with Crippen LogP contribution in [0.4, 0.5) is 0 Å². The lowest BCUT2D eigenvalue weighted by atomic mass is 10.0. The van der Waals surface area contributed by atoms with Crippen LogP contribution in [0.2, 0.25) is 0 Å². The SMILES string of the molecule is CC/C=C\C/C=C\C/C=C\C/C=C\C/C=C\C/C=C\CCCCCCCCCCCCC(=O)OCC(COC(=O)CCCCCCCCCCCCC)OC(=O)CCCCCCCCCCCCCCCCCCCCCCCC. The Kier molecular flexibility index (Phi) is 65.7. The summed E-state index contributed by atoms with van der Waals surface area (Å²) >= 11 is 0. The van der Waals surface area contributed by atoms with E-state index in [4.69, 9.17) is 14.2 Å². The summed E-state index contributed by atoms with van der Waals surface area (Å²) in [4.78, 5) is 38.4. The Morgan fingerprint density at radius 2 is 0.487 bits per heavy atom. The maximum Gasteiger partial charge on any atom is 0.306 e. The number of unbranched alkanes of at least 4 members (excludes halogenated alkanes) is 41. The second kappa shape index (κ2) is 68.3. The van der Waals surface area contributed by atoms with E-state index in [1.165, 1.54) is 225 Å². The van der Waals surface area contributed by atoms with Crippen LogP contribution >= 0.6 is 0 Å². The van der Waals surface area contributed by atoms with Crippen LogP contribution in [-0.2, 0) is 28.6 Å². The highest BCUT2D eigenvalue weighted by atomic mass is 16.6. The number of rotatable bonds is 64. The van der Waals surface area contributed by atoms with Gasteiger partial charge in [-0.15, -0.1) is 0 Å². The van der Waals surface area contributed by atoms with Gasteiger partial charge in [-0.2, -0.15) is 0 Å². The predicted molar refractivity (Wildman–Crippen MR) is 348 cm³/mol. The molecule has 1 atom stereocenters. The molecule has 0 saturated heterocycles. The van der Waals surface area contributed by atoms with E-state index in [0.717, 1.165) is 96.3 Å². The third-order valence-electron chi connectivity index (χ3n) is 15.5. The fraction of sp³-hybridized carbons (Fsp3) is 0.797. The van der Waals surface area contributed by atoms with Crippen LogP contribution in [-0.4, -0.2) is 37.2 Å². The van der Waals surface area contributed by atoms with Crippen molar-refractivity contribution in [1.82, 2.24) is 0 Å². The molecular weight excluding hydrogens is 985 g/mol. The molecule has 0 aliphatic rings. The summed E-state index contributed by atoms with van der Waals surface area (Å²) < 4.78 is 17.0. The minimum Gasteiger partial charge on any atom is -0.462 e. The normalized spacial score (nSPS) is 12.5. The minimum atomic E-state index is -0.774. The molecule has 0 rings (SSSR count). The molecule has 0 aliphatic heterocycles. The zero-order chi connectivity index (χ0) is 57.8. The summed E-state index contributed by atoms with van der Waals surface area (Å²) in [5.74, 6) is -0.854. The molecule has 0 fully saturated rings. The third kappa shape index (κ3) is 65.7. The molecule has 6 nitrogen and oxygen atoms in total. The lowest BCUT2D eigenvalue weighted by Gasteiger charge is -2.18. The first-order valence-corrected chi connectivity index (χ1v) is 34.9. The van der Waals surface area contributed by atoms with Crippen molar-refractivity contribution in [3.63, 3.8) is 0 Å². The van der Waals surface area contributed by atoms with E-state index in [2.05, 4.69) is 93.7 Å². The first-order chi connectivity index (χ1) is 39.5. The Labute approximate surface area is 497 Å². The summed E-state index contributed by atoms with van der Waals surface area (Å²) in [7, 11) is 0. The maximum atomic E-state index is 12.9. The van der Waals surface area contributed by atoms with Crippen LogP contribution in [0.3, 0.4) is 0 Å². The van der Waals surface area contributed by atoms with Crippen molar-refractivity contribution in [2.75, 3.05) is 13.2 Å². The van der Waals surface area contributed by atoms with Crippen LogP contribution in [0.1, 0.15) is 361 Å². The highest BCUT2D eigenvalue weighted by molar-refractivity contribution is 5.71. The van der Waals surface area contributed by atoms with Crippen molar-refractivity contribution in [2.45, 2.75) is 367 Å². The van der Waals surface area contributed by atoms with Gasteiger partial charge in [0, 0.05) is 19.3 Å². The van der Waals surface area contributed by atoms with E-state index < -0.39 is 6.10 Å². The standard InChI is InChI=1S/C74H132O6/c1-4-7-10-13-16-19-22-24-26-28-30-32-34-35-36-37-38-39-40-42-43-45-47-49-52-55-58-61-64-67-73(76)79-70-71(69-78-72(75)66-63-60-57-54-51-21-18-15-12-9-6-3)80-74(77)68-65-62-59-56-53-50-48-46-44-41-33-31-29-27-25-23-20-17-14-11-8-5-2/h7,10,16,19,24,26,30,32,35-36,38-39,71H,4-6,8-9,11-15,17-18,20-23,25,27-29,31,33-34,37,40-70H2,1-3H3/b10-7-,19-16-,26-24-,32-30-,36-35-,39-38-. The summed E-state index contributed by atoms with van der Waals surface area (Å²) in [6.07, 6.45) is 89.3. The third-order valence-corrected chi connectivity index (χ3v) is 15.5. The molecule has 0 aromatic heterocycles. The lowest BCUT2D eigenvalue weighted by molar-refractivity contribution is -0.167. The van der Waals surface area contributed by atoms with E-state index in [9.17, 15) is 14.4 Å². The second-order valence-corrected chi connectivity index (χ2v) is 23.4. The first-order valence-electron chi connectivity index (χ1n) is 34.9. The molecule has 0 bridgehead atoms. The molecule has 80 heavy (non-hydrogen) atoms. The molecule has 0 amide bonds. The zero-order valence-electron chi connectivity index (χ0n) is 53.3. The smallest absolute Gasteiger partial charge is 0.306 e. The van der Waals surface area contributed by atoms with Gasteiger partial charge in [0.25, 0.3) is 0 Å². The fourth-order valence-electron chi connectivity index (χ4n) is 10.3. The Bertz CT molecular complexity index is 1470. The maximum absolute atomic E-state index is 12.9. The van der Waals surface area contributed by atoms with Crippen molar-refractivity contribution in [3.05, 3.63) is 72.9 Å². The van der Waals surface area contributed by atoms with Gasteiger partial charge in [-0.05, 0) is 70.6 Å². The van der Waals surface area contributed by atoms with Gasteiger partial charge in [0.15, 0.2) is 6.10 Å². The molecule has 0 N–H and O–H groups in total. The molecule has 0 aromatic rings. The molecular formula is C74H132O6.